The van der Waals surface area contributed by atoms with E-state index >= 15 is 0 Å². The highest BCUT2D eigenvalue weighted by molar-refractivity contribution is 6.33. The maximum Gasteiger partial charge on any atom is 0.130 e. The van der Waals surface area contributed by atoms with Crippen LogP contribution in [0.4, 0.5) is 4.39 Å². The van der Waals surface area contributed by atoms with Crippen LogP contribution in [0.3, 0.4) is 0 Å². The summed E-state index contributed by atoms with van der Waals surface area (Å²) in [6.07, 6.45) is 2.10. The van der Waals surface area contributed by atoms with Crippen molar-refractivity contribution >= 4 is 23.2 Å². The van der Waals surface area contributed by atoms with Gasteiger partial charge in [-0.2, -0.15) is 0 Å². The van der Waals surface area contributed by atoms with Crippen molar-refractivity contribution < 1.29 is 4.39 Å². The second kappa shape index (κ2) is 4.52. The average Bonchev–Trinajstić information content (AvgIpc) is 3.07. The van der Waals surface area contributed by atoms with Crippen molar-refractivity contribution in [2.45, 2.75) is 24.9 Å². The summed E-state index contributed by atoms with van der Waals surface area (Å²) in [7, 11) is 0. The number of benzene rings is 1. The molecule has 1 aliphatic carbocycles. The molecule has 1 atom stereocenters. The van der Waals surface area contributed by atoms with E-state index in [0.717, 1.165) is 18.4 Å². The molecule has 0 saturated heterocycles. The molecule has 1 aliphatic rings. The van der Waals surface area contributed by atoms with E-state index in [4.69, 9.17) is 28.9 Å². The third-order valence-electron chi connectivity index (χ3n) is 3.14. The first-order valence-electron chi connectivity index (χ1n) is 5.38. The van der Waals surface area contributed by atoms with Gasteiger partial charge in [0.1, 0.15) is 5.67 Å². The lowest BCUT2D eigenvalue weighted by atomic mass is 9.91. The summed E-state index contributed by atoms with van der Waals surface area (Å²) in [6, 6.07) is 5.12. The Morgan fingerprint density at radius 2 is 2.06 bits per heavy atom. The molecule has 1 aromatic carbocycles. The maximum atomic E-state index is 14.5. The summed E-state index contributed by atoms with van der Waals surface area (Å²) in [5, 5.41) is 1.13. The van der Waals surface area contributed by atoms with Crippen molar-refractivity contribution in [3.8, 4) is 0 Å². The molecule has 2 rings (SSSR count). The molecule has 1 fully saturated rings. The third kappa shape index (κ3) is 2.50. The molecule has 2 N–H and O–H groups in total. The Morgan fingerprint density at radius 3 is 2.62 bits per heavy atom. The standard InChI is InChI=1S/C12H14Cl2FN/c13-10-3-4-11(14)8(5-10)6-12(15,7-16)9-1-2-9/h3-5,9H,1-2,6-7,16H2. The summed E-state index contributed by atoms with van der Waals surface area (Å²) >= 11 is 11.9. The van der Waals surface area contributed by atoms with Crippen molar-refractivity contribution in [3.05, 3.63) is 33.8 Å². The van der Waals surface area contributed by atoms with Crippen molar-refractivity contribution in [3.63, 3.8) is 0 Å². The van der Waals surface area contributed by atoms with E-state index in [-0.39, 0.29) is 18.9 Å². The Kier molecular flexibility index (Phi) is 3.43. The molecule has 0 aliphatic heterocycles. The van der Waals surface area contributed by atoms with Gasteiger partial charge in [-0.3, -0.25) is 0 Å². The normalized spacial score (nSPS) is 19.5. The molecule has 4 heteroatoms. The van der Waals surface area contributed by atoms with E-state index in [1.54, 1.807) is 18.2 Å². The topological polar surface area (TPSA) is 26.0 Å². The summed E-state index contributed by atoms with van der Waals surface area (Å²) in [5.41, 5.74) is 4.95. The second-order valence-electron chi connectivity index (χ2n) is 4.43. The fourth-order valence-electron chi connectivity index (χ4n) is 1.98. The Balaban J connectivity index is 2.21. The smallest absolute Gasteiger partial charge is 0.130 e. The third-order valence-corrected chi connectivity index (χ3v) is 3.74. The first kappa shape index (κ1) is 12.2. The zero-order chi connectivity index (χ0) is 11.8. The number of hydrogen-bond donors (Lipinski definition) is 1. The van der Waals surface area contributed by atoms with E-state index in [1.165, 1.54) is 0 Å². The predicted molar refractivity (Wildman–Crippen MR) is 65.8 cm³/mol. The highest BCUT2D eigenvalue weighted by Gasteiger charge is 2.45. The van der Waals surface area contributed by atoms with Crippen LogP contribution in [0.1, 0.15) is 18.4 Å². The molecule has 0 amide bonds. The molecule has 0 aromatic heterocycles. The van der Waals surface area contributed by atoms with Gasteiger partial charge in [-0.25, -0.2) is 4.39 Å². The Labute approximate surface area is 105 Å². The molecule has 0 spiro atoms. The first-order chi connectivity index (χ1) is 7.55. The molecule has 1 saturated carbocycles. The van der Waals surface area contributed by atoms with E-state index in [2.05, 4.69) is 0 Å². The number of rotatable bonds is 4. The Bertz CT molecular complexity index is 393. The maximum absolute atomic E-state index is 14.5. The first-order valence-corrected chi connectivity index (χ1v) is 6.13. The number of nitrogens with two attached hydrogens (primary N) is 1. The molecule has 1 nitrogen and oxygen atoms in total. The van der Waals surface area contributed by atoms with Crippen LogP contribution in [0.15, 0.2) is 18.2 Å². The van der Waals surface area contributed by atoms with Crippen LogP contribution in [-0.2, 0) is 6.42 Å². The van der Waals surface area contributed by atoms with E-state index in [0.29, 0.717) is 10.0 Å². The average molecular weight is 262 g/mol. The van der Waals surface area contributed by atoms with Crippen molar-refractivity contribution in [1.82, 2.24) is 0 Å². The van der Waals surface area contributed by atoms with Gasteiger partial charge in [-0.1, -0.05) is 23.2 Å². The zero-order valence-electron chi connectivity index (χ0n) is 8.85. The van der Waals surface area contributed by atoms with Crippen molar-refractivity contribution in [1.29, 1.82) is 0 Å². The fourth-order valence-corrected chi connectivity index (χ4v) is 2.36. The van der Waals surface area contributed by atoms with Gasteiger partial charge in [-0.05, 0) is 42.5 Å². The summed E-state index contributed by atoms with van der Waals surface area (Å²) in [5.74, 6) is 0.0903. The van der Waals surface area contributed by atoms with Gasteiger partial charge in [0.05, 0.1) is 0 Å². The van der Waals surface area contributed by atoms with Gasteiger partial charge in [-0.15, -0.1) is 0 Å². The molecule has 1 aromatic rings. The van der Waals surface area contributed by atoms with Crippen LogP contribution >= 0.6 is 23.2 Å². The lowest BCUT2D eigenvalue weighted by molar-refractivity contribution is 0.142. The van der Waals surface area contributed by atoms with Crippen LogP contribution in [0.25, 0.3) is 0 Å². The van der Waals surface area contributed by atoms with Gasteiger partial charge >= 0.3 is 0 Å². The Hall–Kier alpha value is -0.310. The van der Waals surface area contributed by atoms with Crippen LogP contribution in [0, 0.1) is 5.92 Å². The highest BCUT2D eigenvalue weighted by Crippen LogP contribution is 2.44. The van der Waals surface area contributed by atoms with Gasteiger partial charge in [0.15, 0.2) is 0 Å². The van der Waals surface area contributed by atoms with E-state index in [9.17, 15) is 4.39 Å². The molecular formula is C12H14Cl2FN. The monoisotopic (exact) mass is 261 g/mol. The quantitative estimate of drug-likeness (QED) is 0.881. The van der Waals surface area contributed by atoms with Crippen LogP contribution in [0.5, 0.6) is 0 Å². The van der Waals surface area contributed by atoms with Crippen molar-refractivity contribution in [2.24, 2.45) is 11.7 Å². The number of halogens is 3. The highest BCUT2D eigenvalue weighted by atomic mass is 35.5. The number of hydrogen-bond acceptors (Lipinski definition) is 1. The fraction of sp³-hybridized carbons (Fsp3) is 0.500. The van der Waals surface area contributed by atoms with Crippen molar-refractivity contribution in [2.75, 3.05) is 6.54 Å². The van der Waals surface area contributed by atoms with Crippen LogP contribution in [0.2, 0.25) is 10.0 Å². The minimum Gasteiger partial charge on any atom is -0.328 e. The SMILES string of the molecule is NCC(F)(Cc1cc(Cl)ccc1Cl)C1CC1. The zero-order valence-corrected chi connectivity index (χ0v) is 10.4. The minimum absolute atomic E-state index is 0.0422. The summed E-state index contributed by atoms with van der Waals surface area (Å²) in [6.45, 7) is 0.0422. The molecule has 0 heterocycles. The molecule has 88 valence electrons. The molecular weight excluding hydrogens is 248 g/mol. The van der Waals surface area contributed by atoms with Gasteiger partial charge in [0.25, 0.3) is 0 Å². The number of alkyl halides is 1. The molecule has 0 radical (unpaired) electrons. The summed E-state index contributed by atoms with van der Waals surface area (Å²) in [4.78, 5) is 0. The Morgan fingerprint density at radius 1 is 1.38 bits per heavy atom. The molecule has 1 unspecified atom stereocenters. The predicted octanol–water partition coefficient (Wildman–Crippen LogP) is 3.61. The molecule has 16 heavy (non-hydrogen) atoms. The second-order valence-corrected chi connectivity index (χ2v) is 5.27. The lowest BCUT2D eigenvalue weighted by Gasteiger charge is -2.24. The largest absolute Gasteiger partial charge is 0.328 e. The van der Waals surface area contributed by atoms with Gasteiger partial charge in [0, 0.05) is 23.0 Å². The minimum atomic E-state index is -1.33. The van der Waals surface area contributed by atoms with E-state index < -0.39 is 5.67 Å². The summed E-state index contributed by atoms with van der Waals surface area (Å²) < 4.78 is 14.5. The lowest BCUT2D eigenvalue weighted by Crippen LogP contribution is -2.37. The van der Waals surface area contributed by atoms with Crippen LogP contribution in [-0.4, -0.2) is 12.2 Å². The van der Waals surface area contributed by atoms with E-state index in [1.807, 2.05) is 0 Å². The van der Waals surface area contributed by atoms with Gasteiger partial charge in [0.2, 0.25) is 0 Å². The van der Waals surface area contributed by atoms with Crippen LogP contribution < -0.4 is 5.73 Å². The van der Waals surface area contributed by atoms with Gasteiger partial charge < -0.3 is 5.73 Å². The molecule has 0 bridgehead atoms.